The molecule has 0 amide bonds. The molecule has 0 aromatic heterocycles. The Balaban J connectivity index is 2.01. The summed E-state index contributed by atoms with van der Waals surface area (Å²) in [6.45, 7) is 6.60. The topological polar surface area (TPSA) is 60.7 Å². The maximum atomic E-state index is 11.4. The lowest BCUT2D eigenvalue weighted by Crippen LogP contribution is -2.50. The fraction of sp³-hybridized carbons (Fsp3) is 0.700. The van der Waals surface area contributed by atoms with Crippen LogP contribution in [0.25, 0.3) is 0 Å². The van der Waals surface area contributed by atoms with E-state index in [2.05, 4.69) is 19.9 Å². The van der Waals surface area contributed by atoms with Crippen LogP contribution in [-0.4, -0.2) is 27.5 Å². The summed E-state index contributed by atoms with van der Waals surface area (Å²) in [6.07, 6.45) is 5.45. The van der Waals surface area contributed by atoms with Gasteiger partial charge in [0.05, 0.1) is 5.60 Å². The predicted molar refractivity (Wildman–Crippen MR) is 91.7 cm³/mol. The van der Waals surface area contributed by atoms with E-state index in [-0.39, 0.29) is 29.6 Å². The minimum atomic E-state index is -0.700. The Morgan fingerprint density at radius 2 is 2.00 bits per heavy atom. The maximum absolute atomic E-state index is 11.4. The number of aliphatic hydroxyl groups excluding tert-OH is 1. The van der Waals surface area contributed by atoms with E-state index in [9.17, 15) is 15.3 Å². The van der Waals surface area contributed by atoms with Gasteiger partial charge in [0, 0.05) is 18.9 Å². The van der Waals surface area contributed by atoms with Crippen LogP contribution in [0.2, 0.25) is 0 Å². The lowest BCUT2D eigenvalue weighted by Gasteiger charge is -2.49. The number of phenols is 1. The number of phenolic OH excluding ortho intramolecular Hbond substituents is 1. The average molecular weight is 318 g/mol. The van der Waals surface area contributed by atoms with Crippen molar-refractivity contribution in [3.05, 3.63) is 28.8 Å². The van der Waals surface area contributed by atoms with E-state index in [1.165, 1.54) is 0 Å². The molecule has 1 aromatic carbocycles. The molecule has 3 rings (SSSR count). The van der Waals surface area contributed by atoms with E-state index in [0.717, 1.165) is 48.8 Å². The molecule has 0 aliphatic heterocycles. The van der Waals surface area contributed by atoms with Gasteiger partial charge in [0.15, 0.2) is 0 Å². The zero-order valence-electron chi connectivity index (χ0n) is 14.6. The summed E-state index contributed by atoms with van der Waals surface area (Å²) in [7, 11) is 0. The molecular formula is C20H30O3. The Morgan fingerprint density at radius 3 is 2.70 bits per heavy atom. The third kappa shape index (κ3) is 2.89. The molecule has 2 aliphatic rings. The molecule has 3 N–H and O–H groups in total. The van der Waals surface area contributed by atoms with Crippen LogP contribution in [0.15, 0.2) is 12.1 Å². The average Bonchev–Trinajstić information content (AvgIpc) is 2.63. The quantitative estimate of drug-likeness (QED) is 0.782. The molecule has 0 spiro atoms. The fourth-order valence-corrected chi connectivity index (χ4v) is 4.96. The van der Waals surface area contributed by atoms with Crippen molar-refractivity contribution in [3.8, 4) is 5.75 Å². The van der Waals surface area contributed by atoms with Gasteiger partial charge < -0.3 is 15.3 Å². The smallest absolute Gasteiger partial charge is 0.119 e. The third-order valence-corrected chi connectivity index (χ3v) is 6.39. The zero-order valence-corrected chi connectivity index (χ0v) is 14.6. The molecule has 23 heavy (non-hydrogen) atoms. The SMILES string of the molecule is CC(CO)c1cc(O)c2c(c1)CC[C@H]1C(C)(C)CCC[C@]1(O)C2. The van der Waals surface area contributed by atoms with Gasteiger partial charge in [0.2, 0.25) is 0 Å². The summed E-state index contributed by atoms with van der Waals surface area (Å²) in [6, 6.07) is 3.90. The Bertz CT molecular complexity index is 593. The number of fused-ring (bicyclic) bond motifs is 2. The van der Waals surface area contributed by atoms with Crippen molar-refractivity contribution >= 4 is 0 Å². The second-order valence-corrected chi connectivity index (χ2v) is 8.48. The molecule has 1 fully saturated rings. The molecule has 3 atom stereocenters. The standard InChI is InChI=1S/C20H30O3/c1-13(12-21)15-9-14-5-6-18-19(2,3)7-4-8-20(18,23)11-16(14)17(22)10-15/h9-10,13,18,21-23H,4-8,11-12H2,1-3H3/t13?,18-,20-/m0/s1. The van der Waals surface area contributed by atoms with Crippen LogP contribution in [0.4, 0.5) is 0 Å². The van der Waals surface area contributed by atoms with Crippen molar-refractivity contribution in [3.63, 3.8) is 0 Å². The molecule has 0 saturated heterocycles. The number of benzene rings is 1. The van der Waals surface area contributed by atoms with E-state index in [4.69, 9.17) is 0 Å². The molecule has 128 valence electrons. The minimum Gasteiger partial charge on any atom is -0.508 e. The van der Waals surface area contributed by atoms with Crippen molar-refractivity contribution in [1.29, 1.82) is 0 Å². The van der Waals surface area contributed by atoms with E-state index in [1.54, 1.807) is 6.07 Å². The molecule has 1 saturated carbocycles. The summed E-state index contributed by atoms with van der Waals surface area (Å²) < 4.78 is 0. The van der Waals surface area contributed by atoms with Gasteiger partial charge in [-0.25, -0.2) is 0 Å². The highest BCUT2D eigenvalue weighted by Crippen LogP contribution is 2.52. The summed E-state index contributed by atoms with van der Waals surface area (Å²) in [5.74, 6) is 0.584. The van der Waals surface area contributed by atoms with Gasteiger partial charge in [-0.2, -0.15) is 0 Å². The van der Waals surface area contributed by atoms with Crippen molar-refractivity contribution in [1.82, 2.24) is 0 Å². The zero-order chi connectivity index (χ0) is 16.8. The van der Waals surface area contributed by atoms with Gasteiger partial charge in [0.25, 0.3) is 0 Å². The molecule has 0 heterocycles. The van der Waals surface area contributed by atoms with E-state index >= 15 is 0 Å². The number of aromatic hydroxyl groups is 1. The molecule has 3 heteroatoms. The first-order valence-electron chi connectivity index (χ1n) is 8.95. The summed E-state index contributed by atoms with van der Waals surface area (Å²) in [4.78, 5) is 0. The molecule has 0 bridgehead atoms. The maximum Gasteiger partial charge on any atom is 0.119 e. The van der Waals surface area contributed by atoms with Crippen molar-refractivity contribution < 1.29 is 15.3 Å². The lowest BCUT2D eigenvalue weighted by molar-refractivity contribution is -0.102. The first kappa shape index (κ1) is 16.8. The van der Waals surface area contributed by atoms with Gasteiger partial charge in [-0.3, -0.25) is 0 Å². The number of aryl methyl sites for hydroxylation is 1. The van der Waals surface area contributed by atoms with Crippen LogP contribution < -0.4 is 0 Å². The van der Waals surface area contributed by atoms with Gasteiger partial charge in [-0.15, -0.1) is 0 Å². The second-order valence-electron chi connectivity index (χ2n) is 8.48. The highest BCUT2D eigenvalue weighted by Gasteiger charge is 2.49. The van der Waals surface area contributed by atoms with Gasteiger partial charge in [-0.05, 0) is 59.8 Å². The van der Waals surface area contributed by atoms with Gasteiger partial charge >= 0.3 is 0 Å². The van der Waals surface area contributed by atoms with Gasteiger partial charge in [-0.1, -0.05) is 33.3 Å². The number of rotatable bonds is 2. The van der Waals surface area contributed by atoms with E-state index < -0.39 is 5.60 Å². The lowest BCUT2D eigenvalue weighted by atomic mass is 9.59. The van der Waals surface area contributed by atoms with Gasteiger partial charge in [0.1, 0.15) is 5.75 Å². The second kappa shape index (κ2) is 5.78. The summed E-state index contributed by atoms with van der Waals surface area (Å²) in [5, 5.41) is 31.3. The monoisotopic (exact) mass is 318 g/mol. The molecular weight excluding hydrogens is 288 g/mol. The Morgan fingerprint density at radius 1 is 1.26 bits per heavy atom. The van der Waals surface area contributed by atoms with E-state index in [0.29, 0.717) is 6.42 Å². The first-order chi connectivity index (χ1) is 10.8. The third-order valence-electron chi connectivity index (χ3n) is 6.39. The van der Waals surface area contributed by atoms with Crippen LogP contribution in [0.1, 0.15) is 69.1 Å². The van der Waals surface area contributed by atoms with Crippen LogP contribution in [0.3, 0.4) is 0 Å². The fourth-order valence-electron chi connectivity index (χ4n) is 4.96. The van der Waals surface area contributed by atoms with Crippen LogP contribution in [0, 0.1) is 11.3 Å². The number of hydrogen-bond acceptors (Lipinski definition) is 3. The first-order valence-corrected chi connectivity index (χ1v) is 8.95. The van der Waals surface area contributed by atoms with Crippen molar-refractivity contribution in [2.45, 2.75) is 70.8 Å². The predicted octanol–water partition coefficient (Wildman–Crippen LogP) is 3.53. The Labute approximate surface area is 139 Å². The molecule has 0 radical (unpaired) electrons. The normalized spacial score (nSPS) is 30.9. The molecule has 1 aromatic rings. The minimum absolute atomic E-state index is 0.0243. The Kier molecular flexibility index (Phi) is 4.22. The van der Waals surface area contributed by atoms with Crippen molar-refractivity contribution in [2.24, 2.45) is 11.3 Å². The largest absolute Gasteiger partial charge is 0.508 e. The van der Waals surface area contributed by atoms with Crippen LogP contribution in [0.5, 0.6) is 5.75 Å². The highest BCUT2D eigenvalue weighted by atomic mass is 16.3. The summed E-state index contributed by atoms with van der Waals surface area (Å²) >= 11 is 0. The number of aliphatic hydroxyl groups is 2. The molecule has 2 aliphatic carbocycles. The van der Waals surface area contributed by atoms with E-state index in [1.807, 2.05) is 6.92 Å². The molecule has 1 unspecified atom stereocenters. The highest BCUT2D eigenvalue weighted by molar-refractivity contribution is 5.46. The molecule has 3 nitrogen and oxygen atoms in total. The van der Waals surface area contributed by atoms with Crippen molar-refractivity contribution in [2.75, 3.05) is 6.61 Å². The number of hydrogen-bond donors (Lipinski definition) is 3. The van der Waals surface area contributed by atoms with Crippen LogP contribution in [-0.2, 0) is 12.8 Å². The summed E-state index contributed by atoms with van der Waals surface area (Å²) in [5.41, 5.74) is 2.50. The van der Waals surface area contributed by atoms with Crippen LogP contribution >= 0.6 is 0 Å². The Hall–Kier alpha value is -1.06.